The van der Waals surface area contributed by atoms with Gasteiger partial charge in [-0.3, -0.25) is 4.79 Å². The third kappa shape index (κ3) is 3.76. The fourth-order valence-electron chi connectivity index (χ4n) is 4.16. The molecule has 31 heavy (non-hydrogen) atoms. The van der Waals surface area contributed by atoms with Gasteiger partial charge in [0.15, 0.2) is 12.4 Å². The quantitative estimate of drug-likeness (QED) is 0.557. The second-order valence-corrected chi connectivity index (χ2v) is 8.58. The maximum Gasteiger partial charge on any atom is 0.327 e. The van der Waals surface area contributed by atoms with Gasteiger partial charge in [0.1, 0.15) is 11.4 Å². The van der Waals surface area contributed by atoms with Crippen LogP contribution in [0, 0.1) is 0 Å². The van der Waals surface area contributed by atoms with Crippen molar-refractivity contribution in [3.63, 3.8) is 0 Å². The molecule has 0 amide bonds. The Hall–Kier alpha value is -2.99. The monoisotopic (exact) mass is 490 g/mol. The van der Waals surface area contributed by atoms with Gasteiger partial charge in [-0.2, -0.15) is 4.80 Å². The lowest BCUT2D eigenvalue weighted by atomic mass is 9.81. The number of rotatable bonds is 4. The number of aliphatic hydroxyl groups excluding tert-OH is 1. The summed E-state index contributed by atoms with van der Waals surface area (Å²) in [5, 5.41) is 35.1. The normalized spacial score (nSPS) is 19.8. The van der Waals surface area contributed by atoms with E-state index in [0.717, 1.165) is 33.4 Å². The van der Waals surface area contributed by atoms with Crippen LogP contribution in [0.4, 0.5) is 5.82 Å². The van der Waals surface area contributed by atoms with Crippen molar-refractivity contribution in [2.24, 2.45) is 0 Å². The molecule has 162 valence electrons. The molecule has 12 heteroatoms. The minimum atomic E-state index is -1.06. The zero-order chi connectivity index (χ0) is 21.6. The third-order valence-corrected chi connectivity index (χ3v) is 6.38. The number of anilines is 1. The number of fused-ring (bicyclic) bond motifs is 1. The van der Waals surface area contributed by atoms with Crippen LogP contribution in [0.25, 0.3) is 11.6 Å². The number of ether oxygens (including phenoxy) is 1. The topological polar surface area (TPSA) is 140 Å². The van der Waals surface area contributed by atoms with Crippen molar-refractivity contribution in [2.45, 2.75) is 37.5 Å². The Labute approximate surface area is 184 Å². The summed E-state index contributed by atoms with van der Waals surface area (Å²) in [4.78, 5) is 13.8. The number of piperidine rings is 1. The lowest BCUT2D eigenvalue weighted by Gasteiger charge is -2.46. The molecule has 1 aromatic carbocycles. The van der Waals surface area contributed by atoms with Crippen LogP contribution in [0.5, 0.6) is 5.75 Å². The molecule has 4 heterocycles. The van der Waals surface area contributed by atoms with Gasteiger partial charge in [0.25, 0.3) is 0 Å². The SMILES string of the molecule is O=C(O)Cn1nnc(-c2cc(N3CCC4(CC3)CC(O)c3c(Br)cccc3O4)no2)n1. The standard InChI is InChI=1S/C19H19BrN6O5/c20-11-2-1-3-13-17(11)12(27)9-19(30-13)4-6-25(7-5-19)15-8-14(31-23-15)18-21-24-26(22-18)10-16(28)29/h1-3,8,12,27H,4-7,9-10H2,(H,28,29). The second-order valence-electron chi connectivity index (χ2n) is 7.73. The van der Waals surface area contributed by atoms with Crippen molar-refractivity contribution in [3.05, 3.63) is 34.3 Å². The summed E-state index contributed by atoms with van der Waals surface area (Å²) in [6.07, 6.45) is 1.41. The van der Waals surface area contributed by atoms with Gasteiger partial charge >= 0.3 is 5.97 Å². The average molecular weight is 491 g/mol. The van der Waals surface area contributed by atoms with Crippen LogP contribution >= 0.6 is 15.9 Å². The molecule has 2 N–H and O–H groups in total. The van der Waals surface area contributed by atoms with Gasteiger partial charge in [-0.05, 0) is 17.3 Å². The van der Waals surface area contributed by atoms with Crippen LogP contribution in [0.15, 0.2) is 33.3 Å². The molecule has 1 saturated heterocycles. The number of aliphatic carboxylic acids is 1. The number of aliphatic hydroxyl groups is 1. The number of aromatic nitrogens is 5. The van der Waals surface area contributed by atoms with Crippen LogP contribution in [0.1, 0.15) is 30.9 Å². The Kier molecular flexibility index (Phi) is 4.89. The molecule has 0 saturated carbocycles. The van der Waals surface area contributed by atoms with E-state index in [4.69, 9.17) is 14.4 Å². The van der Waals surface area contributed by atoms with E-state index >= 15 is 0 Å². The van der Waals surface area contributed by atoms with E-state index in [1.807, 2.05) is 18.2 Å². The van der Waals surface area contributed by atoms with E-state index in [0.29, 0.717) is 31.1 Å². The Bertz CT molecular complexity index is 1120. The highest BCUT2D eigenvalue weighted by molar-refractivity contribution is 9.10. The number of benzene rings is 1. The van der Waals surface area contributed by atoms with Crippen molar-refractivity contribution in [2.75, 3.05) is 18.0 Å². The fraction of sp³-hybridized carbons (Fsp3) is 0.421. The minimum Gasteiger partial charge on any atom is -0.487 e. The van der Waals surface area contributed by atoms with E-state index in [-0.39, 0.29) is 12.4 Å². The highest BCUT2D eigenvalue weighted by Gasteiger charge is 2.43. The highest BCUT2D eigenvalue weighted by Crippen LogP contribution is 2.47. The van der Waals surface area contributed by atoms with Crippen LogP contribution in [0.2, 0.25) is 0 Å². The lowest BCUT2D eigenvalue weighted by molar-refractivity contribution is -0.138. The molecule has 0 radical (unpaired) electrons. The van der Waals surface area contributed by atoms with E-state index in [9.17, 15) is 9.90 Å². The Morgan fingerprint density at radius 1 is 1.32 bits per heavy atom. The molecule has 1 fully saturated rings. The molecule has 1 spiro atoms. The molecule has 2 aromatic heterocycles. The number of tetrazole rings is 1. The van der Waals surface area contributed by atoms with Gasteiger partial charge in [-0.25, -0.2) is 0 Å². The number of halogens is 1. The smallest absolute Gasteiger partial charge is 0.327 e. The number of nitrogens with zero attached hydrogens (tertiary/aromatic N) is 6. The Balaban J connectivity index is 1.27. The molecule has 3 aromatic rings. The summed E-state index contributed by atoms with van der Waals surface area (Å²) in [5.41, 5.74) is 0.386. The molecule has 2 aliphatic rings. The summed E-state index contributed by atoms with van der Waals surface area (Å²) >= 11 is 3.50. The average Bonchev–Trinajstić information content (AvgIpc) is 3.37. The summed E-state index contributed by atoms with van der Waals surface area (Å²) < 4.78 is 12.6. The molecule has 1 unspecified atom stereocenters. The largest absolute Gasteiger partial charge is 0.487 e. The number of carboxylic acids is 1. The molecule has 11 nitrogen and oxygen atoms in total. The maximum absolute atomic E-state index is 10.8. The van der Waals surface area contributed by atoms with Gasteiger partial charge < -0.3 is 24.4 Å². The van der Waals surface area contributed by atoms with Crippen LogP contribution in [-0.4, -0.2) is 60.2 Å². The first-order valence-corrected chi connectivity index (χ1v) is 10.6. The molecular formula is C19H19BrN6O5. The van der Waals surface area contributed by atoms with Crippen molar-refractivity contribution >= 4 is 27.7 Å². The molecule has 2 aliphatic heterocycles. The first-order valence-electron chi connectivity index (χ1n) is 9.80. The lowest BCUT2D eigenvalue weighted by Crippen LogP contribution is -2.50. The van der Waals surface area contributed by atoms with Gasteiger partial charge in [-0.1, -0.05) is 27.2 Å². The van der Waals surface area contributed by atoms with Crippen molar-refractivity contribution in [1.82, 2.24) is 25.4 Å². The first kappa shape index (κ1) is 19.9. The van der Waals surface area contributed by atoms with Gasteiger partial charge in [0.05, 0.1) is 6.10 Å². The van der Waals surface area contributed by atoms with Crippen molar-refractivity contribution < 1.29 is 24.3 Å². The van der Waals surface area contributed by atoms with Gasteiger partial charge in [0.2, 0.25) is 11.6 Å². The molecular weight excluding hydrogens is 472 g/mol. The van der Waals surface area contributed by atoms with E-state index in [1.54, 1.807) is 6.07 Å². The van der Waals surface area contributed by atoms with E-state index in [1.165, 1.54) is 0 Å². The highest BCUT2D eigenvalue weighted by atomic mass is 79.9. The Morgan fingerprint density at radius 2 is 2.13 bits per heavy atom. The first-order chi connectivity index (χ1) is 14.9. The maximum atomic E-state index is 10.8. The summed E-state index contributed by atoms with van der Waals surface area (Å²) in [6.45, 7) is 0.982. The predicted molar refractivity (Wildman–Crippen MR) is 109 cm³/mol. The minimum absolute atomic E-state index is 0.175. The van der Waals surface area contributed by atoms with Crippen molar-refractivity contribution in [1.29, 1.82) is 0 Å². The third-order valence-electron chi connectivity index (χ3n) is 5.68. The van der Waals surface area contributed by atoms with Gasteiger partial charge in [0, 0.05) is 48.5 Å². The zero-order valence-electron chi connectivity index (χ0n) is 16.3. The molecule has 0 aliphatic carbocycles. The number of carbonyl (C=O) groups is 1. The summed E-state index contributed by atoms with van der Waals surface area (Å²) in [6, 6.07) is 7.42. The number of hydrogen-bond acceptors (Lipinski definition) is 9. The Morgan fingerprint density at radius 3 is 2.90 bits per heavy atom. The van der Waals surface area contributed by atoms with Crippen LogP contribution in [-0.2, 0) is 11.3 Å². The van der Waals surface area contributed by atoms with Gasteiger partial charge in [-0.15, -0.1) is 10.2 Å². The molecule has 5 rings (SSSR count). The molecule has 0 bridgehead atoms. The molecule has 1 atom stereocenters. The number of hydrogen-bond donors (Lipinski definition) is 2. The zero-order valence-corrected chi connectivity index (χ0v) is 17.9. The summed E-state index contributed by atoms with van der Waals surface area (Å²) in [7, 11) is 0. The fourth-order valence-corrected chi connectivity index (χ4v) is 4.77. The van der Waals surface area contributed by atoms with Crippen molar-refractivity contribution in [3.8, 4) is 17.3 Å². The predicted octanol–water partition coefficient (Wildman–Crippen LogP) is 2.03. The van der Waals surface area contributed by atoms with Crippen LogP contribution < -0.4 is 9.64 Å². The van der Waals surface area contributed by atoms with E-state index in [2.05, 4.69) is 41.4 Å². The second kappa shape index (κ2) is 7.61. The van der Waals surface area contributed by atoms with E-state index < -0.39 is 17.7 Å². The summed E-state index contributed by atoms with van der Waals surface area (Å²) in [5.74, 6) is 0.790. The number of carboxylic acid groups (broad SMARTS) is 1. The van der Waals surface area contributed by atoms with Crippen LogP contribution in [0.3, 0.4) is 0 Å².